The minimum Gasteiger partial charge on any atom is -0.258 e. The number of nitro groups is 1. The van der Waals surface area contributed by atoms with Crippen molar-refractivity contribution in [2.45, 2.75) is 0 Å². The average Bonchev–Trinajstić information content (AvgIpc) is 2.17. The van der Waals surface area contributed by atoms with Gasteiger partial charge in [-0.1, -0.05) is 12.1 Å². The normalized spacial score (nSPS) is 10.4. The Balaban J connectivity index is 2.91. The first kappa shape index (κ1) is 9.08. The molecule has 2 rings (SSSR count). The van der Waals surface area contributed by atoms with Gasteiger partial charge in [0.25, 0.3) is 5.69 Å². The van der Waals surface area contributed by atoms with E-state index in [0.717, 1.165) is 5.39 Å². The van der Waals surface area contributed by atoms with Crippen LogP contribution in [0.25, 0.3) is 10.8 Å². The first-order chi connectivity index (χ1) is 6.70. The molecule has 0 amide bonds. The highest BCUT2D eigenvalue weighted by molar-refractivity contribution is 9.10. The van der Waals surface area contributed by atoms with Crippen molar-refractivity contribution in [3.05, 3.63) is 45.2 Å². The fourth-order valence-electron chi connectivity index (χ4n) is 1.32. The van der Waals surface area contributed by atoms with Crippen LogP contribution in [0, 0.1) is 10.1 Å². The van der Waals surface area contributed by atoms with Crippen LogP contribution in [-0.4, -0.2) is 9.91 Å². The van der Waals surface area contributed by atoms with Gasteiger partial charge in [0.1, 0.15) is 4.60 Å². The third-order valence-electron chi connectivity index (χ3n) is 1.92. The summed E-state index contributed by atoms with van der Waals surface area (Å²) in [5, 5.41) is 12.1. The summed E-state index contributed by atoms with van der Waals surface area (Å²) in [6.45, 7) is 0. The second-order valence-corrected chi connectivity index (χ2v) is 3.49. The summed E-state index contributed by atoms with van der Waals surface area (Å²) in [5.41, 5.74) is 0.0717. The lowest BCUT2D eigenvalue weighted by Gasteiger charge is -1.99. The van der Waals surface area contributed by atoms with Gasteiger partial charge in [0, 0.05) is 12.3 Å². The molecule has 0 fully saturated rings. The van der Waals surface area contributed by atoms with Gasteiger partial charge in [-0.15, -0.1) is 0 Å². The number of nitro benzene ring substituents is 1. The Hall–Kier alpha value is -1.49. The second-order valence-electron chi connectivity index (χ2n) is 2.73. The molecule has 0 radical (unpaired) electrons. The maximum Gasteiger partial charge on any atom is 0.279 e. The zero-order valence-electron chi connectivity index (χ0n) is 6.98. The minimum absolute atomic E-state index is 0.0717. The standard InChI is InChI=1S/C9H5BrN2O2/c10-9-8-6(4-5-11-9)2-1-3-7(8)12(13)14/h1-5H. The zero-order chi connectivity index (χ0) is 10.1. The molecule has 0 N–H and O–H groups in total. The maximum atomic E-state index is 10.7. The molecular weight excluding hydrogens is 248 g/mol. The molecule has 14 heavy (non-hydrogen) atoms. The largest absolute Gasteiger partial charge is 0.279 e. The molecule has 5 heteroatoms. The molecule has 0 saturated heterocycles. The van der Waals surface area contributed by atoms with Crippen LogP contribution in [-0.2, 0) is 0 Å². The average molecular weight is 253 g/mol. The predicted octanol–water partition coefficient (Wildman–Crippen LogP) is 2.91. The summed E-state index contributed by atoms with van der Waals surface area (Å²) in [4.78, 5) is 14.3. The van der Waals surface area contributed by atoms with Crippen molar-refractivity contribution in [3.63, 3.8) is 0 Å². The second kappa shape index (κ2) is 3.34. The van der Waals surface area contributed by atoms with Gasteiger partial charge >= 0.3 is 0 Å². The molecule has 0 spiro atoms. The molecule has 70 valence electrons. The van der Waals surface area contributed by atoms with E-state index in [1.165, 1.54) is 6.07 Å². The Morgan fingerprint density at radius 3 is 2.86 bits per heavy atom. The summed E-state index contributed by atoms with van der Waals surface area (Å²) in [6.07, 6.45) is 1.61. The van der Waals surface area contributed by atoms with Gasteiger partial charge < -0.3 is 0 Å². The van der Waals surface area contributed by atoms with E-state index in [0.29, 0.717) is 9.99 Å². The van der Waals surface area contributed by atoms with Gasteiger partial charge in [-0.25, -0.2) is 4.98 Å². The molecule has 2 aromatic rings. The van der Waals surface area contributed by atoms with Crippen molar-refractivity contribution >= 4 is 32.4 Å². The molecule has 0 saturated carbocycles. The van der Waals surface area contributed by atoms with Crippen LogP contribution in [0.1, 0.15) is 0 Å². The summed E-state index contributed by atoms with van der Waals surface area (Å²) in [7, 11) is 0. The van der Waals surface area contributed by atoms with Crippen LogP contribution >= 0.6 is 15.9 Å². The fraction of sp³-hybridized carbons (Fsp3) is 0. The van der Waals surface area contributed by atoms with Gasteiger partial charge in [-0.3, -0.25) is 10.1 Å². The highest BCUT2D eigenvalue weighted by atomic mass is 79.9. The Labute approximate surface area is 87.9 Å². The molecule has 0 aliphatic heterocycles. The molecule has 1 heterocycles. The van der Waals surface area contributed by atoms with Gasteiger partial charge in [0.15, 0.2) is 0 Å². The molecular formula is C9H5BrN2O2. The Morgan fingerprint density at radius 2 is 2.14 bits per heavy atom. The number of benzene rings is 1. The molecule has 1 aromatic carbocycles. The smallest absolute Gasteiger partial charge is 0.258 e. The number of aromatic nitrogens is 1. The quantitative estimate of drug-likeness (QED) is 0.446. The number of rotatable bonds is 1. The predicted molar refractivity (Wildman–Crippen MR) is 56.1 cm³/mol. The third kappa shape index (κ3) is 1.35. The fourth-order valence-corrected chi connectivity index (χ4v) is 1.87. The molecule has 0 aliphatic carbocycles. The van der Waals surface area contributed by atoms with Crippen molar-refractivity contribution in [2.24, 2.45) is 0 Å². The number of non-ortho nitro benzene ring substituents is 1. The van der Waals surface area contributed by atoms with Crippen molar-refractivity contribution in [3.8, 4) is 0 Å². The van der Waals surface area contributed by atoms with E-state index >= 15 is 0 Å². The summed E-state index contributed by atoms with van der Waals surface area (Å²) >= 11 is 3.20. The topological polar surface area (TPSA) is 56.0 Å². The van der Waals surface area contributed by atoms with E-state index in [-0.39, 0.29) is 5.69 Å². The molecule has 0 atom stereocenters. The van der Waals surface area contributed by atoms with Crippen molar-refractivity contribution < 1.29 is 4.92 Å². The van der Waals surface area contributed by atoms with E-state index < -0.39 is 4.92 Å². The molecule has 4 nitrogen and oxygen atoms in total. The Kier molecular flexibility index (Phi) is 2.17. The van der Waals surface area contributed by atoms with Crippen molar-refractivity contribution in [1.82, 2.24) is 4.98 Å². The van der Waals surface area contributed by atoms with Crippen LogP contribution in [0.2, 0.25) is 0 Å². The van der Waals surface area contributed by atoms with Gasteiger partial charge in [0.05, 0.1) is 10.3 Å². The zero-order valence-corrected chi connectivity index (χ0v) is 8.56. The van der Waals surface area contributed by atoms with Crippen LogP contribution in [0.4, 0.5) is 5.69 Å². The number of fused-ring (bicyclic) bond motifs is 1. The molecule has 0 aliphatic rings. The van der Waals surface area contributed by atoms with E-state index in [2.05, 4.69) is 20.9 Å². The first-order valence-electron chi connectivity index (χ1n) is 3.88. The number of hydrogen-bond donors (Lipinski definition) is 0. The van der Waals surface area contributed by atoms with Crippen LogP contribution in [0.3, 0.4) is 0 Å². The number of halogens is 1. The SMILES string of the molecule is O=[N+]([O-])c1cccc2ccnc(Br)c12. The Morgan fingerprint density at radius 1 is 1.36 bits per heavy atom. The van der Waals surface area contributed by atoms with E-state index in [4.69, 9.17) is 0 Å². The molecule has 0 bridgehead atoms. The lowest BCUT2D eigenvalue weighted by atomic mass is 10.1. The highest BCUT2D eigenvalue weighted by Gasteiger charge is 2.13. The minimum atomic E-state index is -0.408. The van der Waals surface area contributed by atoms with Crippen LogP contribution < -0.4 is 0 Å². The lowest BCUT2D eigenvalue weighted by molar-refractivity contribution is -0.383. The molecule has 0 unspecified atom stereocenters. The number of pyridine rings is 1. The summed E-state index contributed by atoms with van der Waals surface area (Å²) in [5.74, 6) is 0. The summed E-state index contributed by atoms with van der Waals surface area (Å²) < 4.78 is 0.502. The van der Waals surface area contributed by atoms with E-state index in [1.807, 2.05) is 6.07 Å². The van der Waals surface area contributed by atoms with Crippen molar-refractivity contribution in [1.29, 1.82) is 0 Å². The first-order valence-corrected chi connectivity index (χ1v) is 4.67. The van der Waals surface area contributed by atoms with Crippen LogP contribution in [0.15, 0.2) is 35.1 Å². The Bertz CT molecular complexity index is 508. The monoisotopic (exact) mass is 252 g/mol. The lowest BCUT2D eigenvalue weighted by Crippen LogP contribution is -1.90. The highest BCUT2D eigenvalue weighted by Crippen LogP contribution is 2.30. The van der Waals surface area contributed by atoms with Gasteiger partial charge in [-0.2, -0.15) is 0 Å². The van der Waals surface area contributed by atoms with Gasteiger partial charge in [0.2, 0.25) is 0 Å². The molecule has 1 aromatic heterocycles. The van der Waals surface area contributed by atoms with E-state index in [9.17, 15) is 10.1 Å². The summed E-state index contributed by atoms with van der Waals surface area (Å²) in [6, 6.07) is 6.68. The number of nitrogens with zero attached hydrogens (tertiary/aromatic N) is 2. The number of hydrogen-bond acceptors (Lipinski definition) is 3. The van der Waals surface area contributed by atoms with Gasteiger partial charge in [-0.05, 0) is 27.4 Å². The van der Waals surface area contributed by atoms with E-state index in [1.54, 1.807) is 18.3 Å². The maximum absolute atomic E-state index is 10.7. The van der Waals surface area contributed by atoms with Crippen LogP contribution in [0.5, 0.6) is 0 Å². The van der Waals surface area contributed by atoms with Crippen molar-refractivity contribution in [2.75, 3.05) is 0 Å². The third-order valence-corrected chi connectivity index (χ3v) is 2.52.